The second-order valence-corrected chi connectivity index (χ2v) is 6.34. The van der Waals surface area contributed by atoms with Crippen molar-refractivity contribution >= 4 is 46.4 Å². The fourth-order valence-corrected chi connectivity index (χ4v) is 2.94. The minimum Gasteiger partial charge on any atom is -0.272 e. The first-order valence-corrected chi connectivity index (χ1v) is 8.34. The van der Waals surface area contributed by atoms with Crippen LogP contribution in [0.5, 0.6) is 0 Å². The van der Waals surface area contributed by atoms with Crippen molar-refractivity contribution in [3.63, 3.8) is 0 Å². The van der Waals surface area contributed by atoms with Crippen LogP contribution in [0.15, 0.2) is 53.6 Å². The van der Waals surface area contributed by atoms with Gasteiger partial charge in [-0.2, -0.15) is 5.10 Å². The molecule has 0 bridgehead atoms. The summed E-state index contributed by atoms with van der Waals surface area (Å²) in [6.45, 7) is 0. The summed E-state index contributed by atoms with van der Waals surface area (Å²) < 4.78 is 0. The Morgan fingerprint density at radius 1 is 1.04 bits per heavy atom. The van der Waals surface area contributed by atoms with E-state index in [1.807, 2.05) is 36.4 Å². The molecule has 0 fully saturated rings. The van der Waals surface area contributed by atoms with Crippen molar-refractivity contribution in [3.8, 4) is 0 Å². The van der Waals surface area contributed by atoms with Gasteiger partial charge < -0.3 is 0 Å². The van der Waals surface area contributed by atoms with E-state index in [9.17, 15) is 4.79 Å². The number of hydrazone groups is 1. The molecule has 0 saturated carbocycles. The summed E-state index contributed by atoms with van der Waals surface area (Å²) in [6.07, 6.45) is 0.617. The third-order valence-electron chi connectivity index (χ3n) is 3.71. The molecule has 0 radical (unpaired) electrons. The van der Waals surface area contributed by atoms with Gasteiger partial charge in [0.2, 0.25) is 0 Å². The lowest BCUT2D eigenvalue weighted by atomic mass is 9.98. The Balaban J connectivity index is 1.93. The fourth-order valence-electron chi connectivity index (χ4n) is 2.56. The minimum absolute atomic E-state index is 0.110. The van der Waals surface area contributed by atoms with Crippen LogP contribution < -0.4 is 0 Å². The molecule has 2 aromatic rings. The third kappa shape index (κ3) is 3.52. The summed E-state index contributed by atoms with van der Waals surface area (Å²) >= 11 is 17.6. The third-order valence-corrected chi connectivity index (χ3v) is 4.45. The van der Waals surface area contributed by atoms with Gasteiger partial charge in [-0.1, -0.05) is 47.5 Å². The second kappa shape index (κ2) is 6.91. The maximum Gasteiger partial charge on any atom is 0.258 e. The molecule has 3 rings (SSSR count). The van der Waals surface area contributed by atoms with E-state index in [1.165, 1.54) is 5.01 Å². The van der Waals surface area contributed by atoms with Crippen LogP contribution in [0.4, 0.5) is 0 Å². The van der Waals surface area contributed by atoms with Gasteiger partial charge in [0.05, 0.1) is 11.8 Å². The van der Waals surface area contributed by atoms with Gasteiger partial charge in [0.25, 0.3) is 5.91 Å². The summed E-state index contributed by atoms with van der Waals surface area (Å²) in [6, 6.07) is 14.7. The summed E-state index contributed by atoms with van der Waals surface area (Å²) in [4.78, 5) is 12.1. The molecule has 0 aliphatic carbocycles. The Bertz CT molecular complexity index is 741. The molecule has 0 N–H and O–H groups in total. The molecule has 0 saturated heterocycles. The highest BCUT2D eigenvalue weighted by Crippen LogP contribution is 2.33. The highest BCUT2D eigenvalue weighted by atomic mass is 35.5. The van der Waals surface area contributed by atoms with Crippen LogP contribution in [-0.4, -0.2) is 22.5 Å². The first-order valence-electron chi connectivity index (χ1n) is 7.05. The maximum atomic E-state index is 12.1. The molecule has 0 spiro atoms. The first kappa shape index (κ1) is 16.3. The molecule has 1 atom stereocenters. The molecule has 1 aliphatic rings. The number of rotatable bonds is 3. The molecule has 118 valence electrons. The van der Waals surface area contributed by atoms with Crippen LogP contribution in [0.1, 0.15) is 23.6 Å². The van der Waals surface area contributed by atoms with Gasteiger partial charge in [-0.15, -0.1) is 11.6 Å². The van der Waals surface area contributed by atoms with Gasteiger partial charge in [-0.25, -0.2) is 5.01 Å². The number of halogens is 3. The van der Waals surface area contributed by atoms with E-state index in [4.69, 9.17) is 34.8 Å². The number of nitrogens with zero attached hydrogens (tertiary/aromatic N) is 2. The second-order valence-electron chi connectivity index (χ2n) is 5.20. The summed E-state index contributed by atoms with van der Waals surface area (Å²) in [5.41, 5.74) is 2.75. The van der Waals surface area contributed by atoms with Crippen LogP contribution in [0.25, 0.3) is 0 Å². The number of carbonyl (C=O) groups is 1. The highest BCUT2D eigenvalue weighted by molar-refractivity contribution is 6.31. The molecule has 1 unspecified atom stereocenters. The number of hydrogen-bond donors (Lipinski definition) is 0. The lowest BCUT2D eigenvalue weighted by Gasteiger charge is -2.21. The average Bonchev–Trinajstić information content (AvgIpc) is 3.00. The van der Waals surface area contributed by atoms with Crippen molar-refractivity contribution in [3.05, 3.63) is 69.7 Å². The SMILES string of the molecule is O=C(CCl)N1N=C(c2ccc(Cl)cc2)CC1c1ccc(Cl)cc1. The lowest BCUT2D eigenvalue weighted by Crippen LogP contribution is -2.27. The van der Waals surface area contributed by atoms with Crippen LogP contribution in [0, 0.1) is 0 Å². The van der Waals surface area contributed by atoms with E-state index in [2.05, 4.69) is 5.10 Å². The van der Waals surface area contributed by atoms with Crippen molar-refractivity contribution < 1.29 is 4.79 Å². The highest BCUT2D eigenvalue weighted by Gasteiger charge is 2.32. The minimum atomic E-state index is -0.226. The normalized spacial score (nSPS) is 17.3. The lowest BCUT2D eigenvalue weighted by molar-refractivity contribution is -0.130. The number of hydrogen-bond acceptors (Lipinski definition) is 2. The van der Waals surface area contributed by atoms with Gasteiger partial charge in [-0.05, 0) is 35.4 Å². The zero-order valence-electron chi connectivity index (χ0n) is 12.0. The van der Waals surface area contributed by atoms with Crippen LogP contribution in [0.2, 0.25) is 10.0 Å². The first-order chi connectivity index (χ1) is 11.1. The smallest absolute Gasteiger partial charge is 0.258 e. The van der Waals surface area contributed by atoms with Crippen molar-refractivity contribution in [2.24, 2.45) is 5.10 Å². The van der Waals surface area contributed by atoms with Gasteiger partial charge in [0.15, 0.2) is 0 Å². The van der Waals surface area contributed by atoms with Crippen molar-refractivity contribution in [1.82, 2.24) is 5.01 Å². The molecule has 3 nitrogen and oxygen atoms in total. The van der Waals surface area contributed by atoms with E-state index >= 15 is 0 Å². The van der Waals surface area contributed by atoms with Crippen LogP contribution >= 0.6 is 34.8 Å². The van der Waals surface area contributed by atoms with Gasteiger partial charge in [-0.3, -0.25) is 4.79 Å². The molecule has 6 heteroatoms. The molecule has 1 amide bonds. The molecule has 1 heterocycles. The van der Waals surface area contributed by atoms with Crippen molar-refractivity contribution in [1.29, 1.82) is 0 Å². The average molecular weight is 368 g/mol. The van der Waals surface area contributed by atoms with Gasteiger partial charge in [0.1, 0.15) is 5.88 Å². The zero-order chi connectivity index (χ0) is 16.4. The topological polar surface area (TPSA) is 32.7 Å². The molecule has 0 aromatic heterocycles. The van der Waals surface area contributed by atoms with Crippen molar-refractivity contribution in [2.45, 2.75) is 12.5 Å². The van der Waals surface area contributed by atoms with Crippen LogP contribution in [-0.2, 0) is 4.79 Å². The van der Waals surface area contributed by atoms with Crippen LogP contribution in [0.3, 0.4) is 0 Å². The summed E-state index contributed by atoms with van der Waals surface area (Å²) in [5.74, 6) is -0.336. The standard InChI is InChI=1S/C17H13Cl3N2O/c18-10-17(23)22-16(12-3-7-14(20)8-4-12)9-15(21-22)11-1-5-13(19)6-2-11/h1-8,16H,9-10H2. The molecular formula is C17H13Cl3N2O. The largest absolute Gasteiger partial charge is 0.272 e. The van der Waals surface area contributed by atoms with E-state index in [0.717, 1.165) is 16.8 Å². The molecule has 23 heavy (non-hydrogen) atoms. The Labute approximate surface area is 149 Å². The zero-order valence-corrected chi connectivity index (χ0v) is 14.3. The summed E-state index contributed by atoms with van der Waals surface area (Å²) in [5, 5.41) is 7.25. The Morgan fingerprint density at radius 2 is 1.61 bits per heavy atom. The van der Waals surface area contributed by atoms with E-state index in [0.29, 0.717) is 16.5 Å². The summed E-state index contributed by atoms with van der Waals surface area (Å²) in [7, 11) is 0. The Morgan fingerprint density at radius 3 is 2.17 bits per heavy atom. The number of alkyl halides is 1. The number of carbonyl (C=O) groups excluding carboxylic acids is 1. The molecule has 2 aromatic carbocycles. The van der Waals surface area contributed by atoms with Gasteiger partial charge in [0, 0.05) is 16.5 Å². The fraction of sp³-hybridized carbons (Fsp3) is 0.176. The Kier molecular flexibility index (Phi) is 4.90. The Hall–Kier alpha value is -1.55. The van der Waals surface area contributed by atoms with E-state index in [1.54, 1.807) is 12.1 Å². The predicted octanol–water partition coefficient (Wildman–Crippen LogP) is 4.91. The van der Waals surface area contributed by atoms with E-state index < -0.39 is 0 Å². The quantitative estimate of drug-likeness (QED) is 0.709. The number of benzene rings is 2. The monoisotopic (exact) mass is 366 g/mol. The number of amides is 1. The molecule has 1 aliphatic heterocycles. The van der Waals surface area contributed by atoms with Crippen molar-refractivity contribution in [2.75, 3.05) is 5.88 Å². The predicted molar refractivity (Wildman–Crippen MR) is 94.4 cm³/mol. The van der Waals surface area contributed by atoms with Gasteiger partial charge >= 0.3 is 0 Å². The molecular weight excluding hydrogens is 355 g/mol. The maximum absolute atomic E-state index is 12.1. The van der Waals surface area contributed by atoms with E-state index in [-0.39, 0.29) is 17.8 Å².